The predicted octanol–water partition coefficient (Wildman–Crippen LogP) is 3.62. The van der Waals surface area contributed by atoms with Crippen LogP contribution in [0.3, 0.4) is 0 Å². The lowest BCUT2D eigenvalue weighted by molar-refractivity contribution is 0.206. The molecule has 0 aliphatic rings. The van der Waals surface area contributed by atoms with Crippen LogP contribution in [0.25, 0.3) is 0 Å². The van der Waals surface area contributed by atoms with Crippen LogP contribution in [0.15, 0.2) is 24.3 Å². The molecule has 1 atom stereocenters. The standard InChI is InChI=1S/C13H21NO/c1-3-4-5-6-11(2)15-13-9-7-12(14)8-10-13/h7-11H,3-6,14H2,1-2H3. The number of hydrogen-bond donors (Lipinski definition) is 1. The van der Waals surface area contributed by atoms with Crippen molar-refractivity contribution in [3.8, 4) is 5.75 Å². The molecule has 0 amide bonds. The van der Waals surface area contributed by atoms with Crippen LogP contribution in [-0.4, -0.2) is 6.10 Å². The first-order valence-corrected chi connectivity index (χ1v) is 5.74. The Bertz CT molecular complexity index is 268. The topological polar surface area (TPSA) is 35.2 Å². The van der Waals surface area contributed by atoms with Gasteiger partial charge in [0.15, 0.2) is 0 Å². The summed E-state index contributed by atoms with van der Waals surface area (Å²) in [5, 5.41) is 0. The van der Waals surface area contributed by atoms with Crippen molar-refractivity contribution in [2.24, 2.45) is 0 Å². The van der Waals surface area contributed by atoms with Crippen LogP contribution in [0.5, 0.6) is 5.75 Å². The summed E-state index contributed by atoms with van der Waals surface area (Å²) in [5.41, 5.74) is 6.38. The van der Waals surface area contributed by atoms with Crippen molar-refractivity contribution in [2.75, 3.05) is 5.73 Å². The molecule has 0 saturated heterocycles. The third kappa shape index (κ3) is 4.73. The maximum Gasteiger partial charge on any atom is 0.119 e. The van der Waals surface area contributed by atoms with Gasteiger partial charge in [-0.15, -0.1) is 0 Å². The summed E-state index contributed by atoms with van der Waals surface area (Å²) in [6.07, 6.45) is 5.20. The molecule has 0 radical (unpaired) electrons. The minimum absolute atomic E-state index is 0.292. The van der Waals surface area contributed by atoms with E-state index in [1.807, 2.05) is 24.3 Å². The highest BCUT2D eigenvalue weighted by atomic mass is 16.5. The van der Waals surface area contributed by atoms with E-state index in [2.05, 4.69) is 13.8 Å². The Labute approximate surface area is 92.4 Å². The van der Waals surface area contributed by atoms with Gasteiger partial charge < -0.3 is 10.5 Å². The smallest absolute Gasteiger partial charge is 0.119 e. The summed E-state index contributed by atoms with van der Waals surface area (Å²) in [4.78, 5) is 0. The third-order valence-corrected chi connectivity index (χ3v) is 2.43. The number of nitrogen functional groups attached to an aromatic ring is 1. The Morgan fingerprint density at radius 3 is 2.47 bits per heavy atom. The van der Waals surface area contributed by atoms with Crippen LogP contribution in [-0.2, 0) is 0 Å². The second kappa shape index (κ2) is 6.33. The molecule has 2 nitrogen and oxygen atoms in total. The van der Waals surface area contributed by atoms with Crippen LogP contribution in [0.1, 0.15) is 39.5 Å². The normalized spacial score (nSPS) is 12.4. The highest BCUT2D eigenvalue weighted by Crippen LogP contribution is 2.16. The molecule has 0 bridgehead atoms. The molecule has 15 heavy (non-hydrogen) atoms. The lowest BCUT2D eigenvalue weighted by atomic mass is 10.1. The number of unbranched alkanes of at least 4 members (excludes halogenated alkanes) is 2. The van der Waals surface area contributed by atoms with Gasteiger partial charge in [0, 0.05) is 5.69 Å². The van der Waals surface area contributed by atoms with E-state index in [-0.39, 0.29) is 0 Å². The summed E-state index contributed by atoms with van der Waals surface area (Å²) in [6, 6.07) is 7.58. The third-order valence-electron chi connectivity index (χ3n) is 2.43. The van der Waals surface area contributed by atoms with Gasteiger partial charge in [-0.2, -0.15) is 0 Å². The van der Waals surface area contributed by atoms with Crippen molar-refractivity contribution in [1.82, 2.24) is 0 Å². The molecule has 2 heteroatoms. The number of anilines is 1. The molecule has 0 spiro atoms. The Kier molecular flexibility index (Phi) is 5.02. The Hall–Kier alpha value is -1.18. The van der Waals surface area contributed by atoms with Gasteiger partial charge in [0.2, 0.25) is 0 Å². The minimum atomic E-state index is 0.292. The van der Waals surface area contributed by atoms with E-state index in [1.54, 1.807) is 0 Å². The fourth-order valence-electron chi connectivity index (χ4n) is 1.52. The maximum atomic E-state index is 5.76. The van der Waals surface area contributed by atoms with Crippen LogP contribution in [0.4, 0.5) is 5.69 Å². The summed E-state index contributed by atoms with van der Waals surface area (Å²) in [6.45, 7) is 4.33. The van der Waals surface area contributed by atoms with Gasteiger partial charge in [0.05, 0.1) is 6.10 Å². The number of rotatable bonds is 6. The molecule has 0 fully saturated rings. The van der Waals surface area contributed by atoms with Crippen molar-refractivity contribution in [3.05, 3.63) is 24.3 Å². The van der Waals surface area contributed by atoms with Crippen molar-refractivity contribution in [2.45, 2.75) is 45.6 Å². The van der Waals surface area contributed by atoms with E-state index in [1.165, 1.54) is 19.3 Å². The molecule has 0 aromatic heterocycles. The van der Waals surface area contributed by atoms with Crippen LogP contribution in [0, 0.1) is 0 Å². The Balaban J connectivity index is 2.31. The van der Waals surface area contributed by atoms with E-state index >= 15 is 0 Å². The van der Waals surface area contributed by atoms with Crippen LogP contribution >= 0.6 is 0 Å². The summed E-state index contributed by atoms with van der Waals surface area (Å²) in [7, 11) is 0. The van der Waals surface area contributed by atoms with Gasteiger partial charge in [0.1, 0.15) is 5.75 Å². The molecular formula is C13H21NO. The fraction of sp³-hybridized carbons (Fsp3) is 0.538. The second-order valence-corrected chi connectivity index (χ2v) is 3.99. The molecule has 84 valence electrons. The van der Waals surface area contributed by atoms with Gasteiger partial charge in [-0.3, -0.25) is 0 Å². The largest absolute Gasteiger partial charge is 0.491 e. The van der Waals surface area contributed by atoms with E-state index in [9.17, 15) is 0 Å². The average Bonchev–Trinajstić information content (AvgIpc) is 2.22. The first kappa shape index (κ1) is 11.9. The molecule has 2 N–H and O–H groups in total. The molecule has 0 heterocycles. The molecule has 1 aromatic rings. The highest BCUT2D eigenvalue weighted by Gasteiger charge is 2.02. The first-order chi connectivity index (χ1) is 7.22. The lowest BCUT2D eigenvalue weighted by Crippen LogP contribution is -2.11. The minimum Gasteiger partial charge on any atom is -0.491 e. The van der Waals surface area contributed by atoms with Gasteiger partial charge in [-0.05, 0) is 44.0 Å². The zero-order chi connectivity index (χ0) is 11.1. The number of ether oxygens (including phenoxy) is 1. The summed E-state index contributed by atoms with van der Waals surface area (Å²) >= 11 is 0. The van der Waals surface area contributed by atoms with Crippen LogP contribution < -0.4 is 10.5 Å². The second-order valence-electron chi connectivity index (χ2n) is 3.99. The van der Waals surface area contributed by atoms with E-state index in [4.69, 9.17) is 10.5 Å². The zero-order valence-corrected chi connectivity index (χ0v) is 9.70. The monoisotopic (exact) mass is 207 g/mol. The SMILES string of the molecule is CCCCCC(C)Oc1ccc(N)cc1. The fourth-order valence-corrected chi connectivity index (χ4v) is 1.52. The van der Waals surface area contributed by atoms with Crippen molar-refractivity contribution < 1.29 is 4.74 Å². The van der Waals surface area contributed by atoms with E-state index < -0.39 is 0 Å². The lowest BCUT2D eigenvalue weighted by Gasteiger charge is -2.14. The highest BCUT2D eigenvalue weighted by molar-refractivity contribution is 5.41. The van der Waals surface area contributed by atoms with Crippen LogP contribution in [0.2, 0.25) is 0 Å². The molecule has 0 aliphatic heterocycles. The molecule has 1 unspecified atom stereocenters. The summed E-state index contributed by atoms with van der Waals surface area (Å²) in [5.74, 6) is 0.910. The average molecular weight is 207 g/mol. The van der Waals surface area contributed by atoms with Crippen molar-refractivity contribution in [1.29, 1.82) is 0 Å². The quantitative estimate of drug-likeness (QED) is 0.571. The molecular weight excluding hydrogens is 186 g/mol. The summed E-state index contributed by atoms with van der Waals surface area (Å²) < 4.78 is 5.76. The number of hydrogen-bond acceptors (Lipinski definition) is 2. The molecule has 1 rings (SSSR count). The van der Waals surface area contributed by atoms with Gasteiger partial charge in [0.25, 0.3) is 0 Å². The van der Waals surface area contributed by atoms with Gasteiger partial charge >= 0.3 is 0 Å². The van der Waals surface area contributed by atoms with Crippen molar-refractivity contribution in [3.63, 3.8) is 0 Å². The Morgan fingerprint density at radius 1 is 1.20 bits per heavy atom. The number of benzene rings is 1. The number of nitrogens with two attached hydrogens (primary N) is 1. The predicted molar refractivity (Wildman–Crippen MR) is 65.1 cm³/mol. The first-order valence-electron chi connectivity index (χ1n) is 5.74. The zero-order valence-electron chi connectivity index (χ0n) is 9.70. The Morgan fingerprint density at radius 2 is 1.87 bits per heavy atom. The van der Waals surface area contributed by atoms with Gasteiger partial charge in [-0.25, -0.2) is 0 Å². The van der Waals surface area contributed by atoms with Gasteiger partial charge in [-0.1, -0.05) is 19.8 Å². The van der Waals surface area contributed by atoms with E-state index in [0.717, 1.165) is 17.9 Å². The van der Waals surface area contributed by atoms with Crippen molar-refractivity contribution >= 4 is 5.69 Å². The molecule has 0 saturated carbocycles. The maximum absolute atomic E-state index is 5.76. The molecule has 0 aliphatic carbocycles. The molecule has 1 aromatic carbocycles. The van der Waals surface area contributed by atoms with E-state index in [0.29, 0.717) is 6.10 Å².